The SMILES string of the molecule is NC1CCC(CC(=O)N[C@H]2Cc3cccc(C(=O)O)c3OB2O)CC1. The van der Waals surface area contributed by atoms with Crippen LogP contribution in [0.5, 0.6) is 5.75 Å². The molecule has 0 aromatic heterocycles. The Hall–Kier alpha value is -2.06. The van der Waals surface area contributed by atoms with Crippen molar-refractivity contribution < 1.29 is 24.4 Å². The first-order valence-electron chi connectivity index (χ1n) is 8.69. The minimum Gasteiger partial charge on any atom is -0.534 e. The zero-order chi connectivity index (χ0) is 18.0. The second-order valence-electron chi connectivity index (χ2n) is 6.97. The van der Waals surface area contributed by atoms with Crippen molar-refractivity contribution in [2.45, 2.75) is 50.5 Å². The highest BCUT2D eigenvalue weighted by Crippen LogP contribution is 2.30. The summed E-state index contributed by atoms with van der Waals surface area (Å²) in [6.07, 6.45) is 4.53. The van der Waals surface area contributed by atoms with Crippen LogP contribution in [0.15, 0.2) is 18.2 Å². The molecule has 134 valence electrons. The second kappa shape index (κ2) is 7.45. The lowest BCUT2D eigenvalue weighted by Gasteiger charge is -2.30. The van der Waals surface area contributed by atoms with Crippen LogP contribution < -0.4 is 15.7 Å². The Balaban J connectivity index is 1.61. The number of carboxylic acid groups (broad SMARTS) is 1. The van der Waals surface area contributed by atoms with Crippen LogP contribution in [-0.4, -0.2) is 41.1 Å². The standard InChI is InChI=1S/C17H23BN2O5/c19-12-6-4-10(5-7-12)8-15(21)20-14-9-11-2-1-3-13(17(22)23)16(11)25-18(14)24/h1-3,10,12,14,24H,4-9,19H2,(H,20,21)(H,22,23)/t10?,12?,14-/m0/s1. The highest BCUT2D eigenvalue weighted by molar-refractivity contribution is 6.47. The zero-order valence-corrected chi connectivity index (χ0v) is 14.0. The van der Waals surface area contributed by atoms with Gasteiger partial charge in [-0.05, 0) is 49.7 Å². The molecule has 2 aliphatic rings. The Kier molecular flexibility index (Phi) is 5.29. The number of amides is 1. The molecule has 1 atom stereocenters. The summed E-state index contributed by atoms with van der Waals surface area (Å²) in [6.45, 7) is 0. The van der Waals surface area contributed by atoms with Crippen molar-refractivity contribution in [1.29, 1.82) is 0 Å². The van der Waals surface area contributed by atoms with Crippen LogP contribution in [-0.2, 0) is 11.2 Å². The number of nitrogens with one attached hydrogen (secondary N) is 1. The zero-order valence-electron chi connectivity index (χ0n) is 14.0. The highest BCUT2D eigenvalue weighted by atomic mass is 16.5. The van der Waals surface area contributed by atoms with Gasteiger partial charge in [0, 0.05) is 12.5 Å². The molecule has 25 heavy (non-hydrogen) atoms. The van der Waals surface area contributed by atoms with E-state index < -0.39 is 19.0 Å². The molecule has 7 nitrogen and oxygen atoms in total. The molecule has 1 aromatic carbocycles. The smallest absolute Gasteiger partial charge is 0.534 e. The quantitative estimate of drug-likeness (QED) is 0.597. The molecule has 1 aliphatic carbocycles. The molecule has 0 bridgehead atoms. The normalized spacial score (nSPS) is 25.7. The summed E-state index contributed by atoms with van der Waals surface area (Å²) in [7, 11) is -1.27. The topological polar surface area (TPSA) is 122 Å². The maximum Gasteiger partial charge on any atom is 0.547 e. The fraction of sp³-hybridized carbons (Fsp3) is 0.529. The van der Waals surface area contributed by atoms with Crippen LogP contribution >= 0.6 is 0 Å². The summed E-state index contributed by atoms with van der Waals surface area (Å²) in [5, 5.41) is 22.2. The van der Waals surface area contributed by atoms with Crippen molar-refractivity contribution >= 4 is 19.0 Å². The van der Waals surface area contributed by atoms with Gasteiger partial charge in [0.25, 0.3) is 0 Å². The highest BCUT2D eigenvalue weighted by Gasteiger charge is 2.38. The maximum atomic E-state index is 12.3. The minimum atomic E-state index is -1.27. The van der Waals surface area contributed by atoms with E-state index in [4.69, 9.17) is 10.4 Å². The predicted octanol–water partition coefficient (Wildman–Crippen LogP) is 0.732. The number of hydrogen-bond donors (Lipinski definition) is 4. The van der Waals surface area contributed by atoms with Crippen LogP contribution in [0, 0.1) is 5.92 Å². The van der Waals surface area contributed by atoms with Gasteiger partial charge in [0.15, 0.2) is 0 Å². The summed E-state index contributed by atoms with van der Waals surface area (Å²) in [5.74, 6) is -1.32. The van der Waals surface area contributed by atoms with Gasteiger partial charge in [-0.3, -0.25) is 4.79 Å². The Bertz CT molecular complexity index is 660. The van der Waals surface area contributed by atoms with Gasteiger partial charge in [0.2, 0.25) is 5.91 Å². The number of benzene rings is 1. The summed E-state index contributed by atoms with van der Waals surface area (Å²) in [5.41, 5.74) is 6.56. The number of carbonyl (C=O) groups excluding carboxylic acids is 1. The Labute approximate surface area is 146 Å². The molecule has 3 rings (SSSR count). The molecule has 0 unspecified atom stereocenters. The molecular formula is C17H23BN2O5. The Morgan fingerprint density at radius 1 is 1.28 bits per heavy atom. The van der Waals surface area contributed by atoms with Crippen LogP contribution in [0.1, 0.15) is 48.0 Å². The third kappa shape index (κ3) is 4.14. The van der Waals surface area contributed by atoms with Crippen molar-refractivity contribution in [2.24, 2.45) is 11.7 Å². The average molecular weight is 346 g/mol. The van der Waals surface area contributed by atoms with E-state index in [1.165, 1.54) is 6.07 Å². The van der Waals surface area contributed by atoms with Crippen molar-refractivity contribution in [3.8, 4) is 5.75 Å². The summed E-state index contributed by atoms with van der Waals surface area (Å²) < 4.78 is 5.39. The number of hydrogen-bond acceptors (Lipinski definition) is 5. The molecule has 5 N–H and O–H groups in total. The lowest BCUT2D eigenvalue weighted by atomic mass is 9.72. The Morgan fingerprint density at radius 2 is 2.00 bits per heavy atom. The van der Waals surface area contributed by atoms with Crippen molar-refractivity contribution in [3.05, 3.63) is 29.3 Å². The van der Waals surface area contributed by atoms with Crippen LogP contribution in [0.3, 0.4) is 0 Å². The number of para-hydroxylation sites is 1. The molecule has 1 fully saturated rings. The number of carbonyl (C=O) groups is 2. The van der Waals surface area contributed by atoms with E-state index >= 15 is 0 Å². The molecule has 8 heteroatoms. The van der Waals surface area contributed by atoms with Crippen LogP contribution in [0.4, 0.5) is 0 Å². The van der Waals surface area contributed by atoms with Crippen molar-refractivity contribution in [2.75, 3.05) is 0 Å². The summed E-state index contributed by atoms with van der Waals surface area (Å²) in [6, 6.07) is 5.05. The number of fused-ring (bicyclic) bond motifs is 1. The predicted molar refractivity (Wildman–Crippen MR) is 92.2 cm³/mol. The first-order chi connectivity index (χ1) is 11.9. The van der Waals surface area contributed by atoms with Gasteiger partial charge < -0.3 is 25.8 Å². The third-order valence-corrected chi connectivity index (χ3v) is 5.06. The third-order valence-electron chi connectivity index (χ3n) is 5.06. The van der Waals surface area contributed by atoms with Crippen LogP contribution in [0.2, 0.25) is 0 Å². The first kappa shape index (κ1) is 17.8. The molecule has 1 heterocycles. The molecule has 0 spiro atoms. The molecule has 1 amide bonds. The van der Waals surface area contributed by atoms with Gasteiger partial charge in [-0.2, -0.15) is 0 Å². The molecule has 0 radical (unpaired) electrons. The fourth-order valence-electron chi connectivity index (χ4n) is 3.64. The van der Waals surface area contributed by atoms with Gasteiger partial charge in [0.1, 0.15) is 5.75 Å². The van der Waals surface area contributed by atoms with Gasteiger partial charge in [0.05, 0.1) is 11.5 Å². The average Bonchev–Trinajstić information content (AvgIpc) is 2.57. The van der Waals surface area contributed by atoms with Crippen molar-refractivity contribution in [3.63, 3.8) is 0 Å². The van der Waals surface area contributed by atoms with E-state index in [9.17, 15) is 19.7 Å². The lowest BCUT2D eigenvalue weighted by Crippen LogP contribution is -2.53. The second-order valence-corrected chi connectivity index (χ2v) is 6.97. The molecule has 1 aliphatic heterocycles. The molecule has 0 saturated heterocycles. The van der Waals surface area contributed by atoms with Crippen LogP contribution in [0.25, 0.3) is 0 Å². The van der Waals surface area contributed by atoms with Gasteiger partial charge in [-0.25, -0.2) is 4.79 Å². The largest absolute Gasteiger partial charge is 0.547 e. The molecule has 1 aromatic rings. The number of carboxylic acids is 1. The van der Waals surface area contributed by atoms with Gasteiger partial charge in [-0.15, -0.1) is 0 Å². The Morgan fingerprint density at radius 3 is 2.68 bits per heavy atom. The maximum absolute atomic E-state index is 12.3. The van der Waals surface area contributed by atoms with Crippen molar-refractivity contribution in [1.82, 2.24) is 5.32 Å². The number of nitrogens with two attached hydrogens (primary N) is 1. The van der Waals surface area contributed by atoms with E-state index in [2.05, 4.69) is 5.32 Å². The van der Waals surface area contributed by atoms with Gasteiger partial charge in [-0.1, -0.05) is 12.1 Å². The fourth-order valence-corrected chi connectivity index (χ4v) is 3.64. The van der Waals surface area contributed by atoms with Gasteiger partial charge >= 0.3 is 13.1 Å². The summed E-state index contributed by atoms with van der Waals surface area (Å²) >= 11 is 0. The minimum absolute atomic E-state index is 0.0138. The van der Waals surface area contributed by atoms with E-state index in [0.29, 0.717) is 24.3 Å². The van der Waals surface area contributed by atoms with E-state index in [1.807, 2.05) is 0 Å². The van der Waals surface area contributed by atoms with E-state index in [1.54, 1.807) is 12.1 Å². The van der Waals surface area contributed by atoms with E-state index in [-0.39, 0.29) is 23.3 Å². The summed E-state index contributed by atoms with van der Waals surface area (Å²) in [4.78, 5) is 23.5. The molecular weight excluding hydrogens is 323 g/mol. The lowest BCUT2D eigenvalue weighted by molar-refractivity contribution is -0.122. The van der Waals surface area contributed by atoms with E-state index in [0.717, 1.165) is 25.7 Å². The number of aromatic carboxylic acids is 1. The molecule has 1 saturated carbocycles. The number of rotatable bonds is 4. The monoisotopic (exact) mass is 346 g/mol. The first-order valence-corrected chi connectivity index (χ1v) is 8.69.